The number of hydrogen-bond acceptors (Lipinski definition) is 4. The lowest BCUT2D eigenvalue weighted by atomic mass is 9.69. The summed E-state index contributed by atoms with van der Waals surface area (Å²) < 4.78 is 6.57. The highest BCUT2D eigenvalue weighted by atomic mass is 16.3. The van der Waals surface area contributed by atoms with Gasteiger partial charge in [-0.25, -0.2) is 15.0 Å². The number of allylic oxidation sites excluding steroid dienone is 10. The molecule has 0 spiro atoms. The molecule has 4 aliphatic carbocycles. The van der Waals surface area contributed by atoms with Crippen LogP contribution in [0.1, 0.15) is 43.4 Å². The van der Waals surface area contributed by atoms with Gasteiger partial charge in [0.2, 0.25) is 0 Å². The Bertz CT molecular complexity index is 3250. The van der Waals surface area contributed by atoms with Gasteiger partial charge in [-0.2, -0.15) is 0 Å². The Hall–Kier alpha value is -7.17. The largest absolute Gasteiger partial charge is 0.456 e. The van der Waals surface area contributed by atoms with Gasteiger partial charge in [0.15, 0.2) is 17.5 Å². The van der Waals surface area contributed by atoms with E-state index in [1.54, 1.807) is 0 Å². The van der Waals surface area contributed by atoms with E-state index in [9.17, 15) is 0 Å². The molecule has 0 bridgehead atoms. The van der Waals surface area contributed by atoms with Crippen molar-refractivity contribution in [1.82, 2.24) is 15.0 Å². The van der Waals surface area contributed by atoms with Crippen molar-refractivity contribution in [3.8, 4) is 56.4 Å². The molecule has 4 heteroatoms. The lowest BCUT2D eigenvalue weighted by Crippen LogP contribution is -2.21. The van der Waals surface area contributed by atoms with Gasteiger partial charge in [-0.15, -0.1) is 0 Å². The van der Waals surface area contributed by atoms with Crippen molar-refractivity contribution < 1.29 is 4.42 Å². The van der Waals surface area contributed by atoms with Gasteiger partial charge in [-0.1, -0.05) is 166 Å². The quantitative estimate of drug-likeness (QED) is 0.175. The number of nitrogens with zero attached hydrogens (tertiary/aromatic N) is 3. The first-order chi connectivity index (χ1) is 29.5. The summed E-state index contributed by atoms with van der Waals surface area (Å²) in [6, 6.07) is 47.3. The van der Waals surface area contributed by atoms with Crippen LogP contribution in [0.25, 0.3) is 83.9 Å². The van der Waals surface area contributed by atoms with Crippen molar-refractivity contribution in [2.45, 2.75) is 32.1 Å². The first-order valence-electron chi connectivity index (χ1n) is 21.1. The Kier molecular flexibility index (Phi) is 7.80. The molecule has 8 aromatic rings. The van der Waals surface area contributed by atoms with Gasteiger partial charge in [0.05, 0.1) is 0 Å². The fraction of sp³-hybridized carbons (Fsp3) is 0.125. The molecule has 2 unspecified atom stereocenters. The molecule has 2 heterocycles. The van der Waals surface area contributed by atoms with E-state index in [-0.39, 0.29) is 5.41 Å². The Morgan fingerprint density at radius 3 is 2.17 bits per heavy atom. The highest BCUT2D eigenvalue weighted by Gasteiger charge is 2.37. The van der Waals surface area contributed by atoms with Crippen LogP contribution in [0.3, 0.4) is 0 Å². The van der Waals surface area contributed by atoms with Crippen molar-refractivity contribution in [3.63, 3.8) is 0 Å². The van der Waals surface area contributed by atoms with Crippen molar-refractivity contribution in [2.75, 3.05) is 0 Å². The van der Waals surface area contributed by atoms with Crippen LogP contribution in [-0.4, -0.2) is 15.0 Å². The molecule has 60 heavy (non-hydrogen) atoms. The van der Waals surface area contributed by atoms with Crippen molar-refractivity contribution >= 4 is 27.5 Å². The van der Waals surface area contributed by atoms with Gasteiger partial charge in [-0.05, 0) is 92.8 Å². The van der Waals surface area contributed by atoms with E-state index >= 15 is 0 Å². The van der Waals surface area contributed by atoms with Gasteiger partial charge in [0.25, 0.3) is 0 Å². The predicted molar refractivity (Wildman–Crippen MR) is 245 cm³/mol. The zero-order valence-corrected chi connectivity index (χ0v) is 33.6. The predicted octanol–water partition coefficient (Wildman–Crippen LogP) is 14.1. The normalized spacial score (nSPS) is 18.3. The second kappa shape index (κ2) is 13.4. The summed E-state index contributed by atoms with van der Waals surface area (Å²) in [7, 11) is 0. The summed E-state index contributed by atoms with van der Waals surface area (Å²) in [5, 5.41) is 2.23. The van der Waals surface area contributed by atoms with Gasteiger partial charge in [0, 0.05) is 44.7 Å². The zero-order valence-electron chi connectivity index (χ0n) is 33.6. The summed E-state index contributed by atoms with van der Waals surface area (Å²) >= 11 is 0. The molecule has 286 valence electrons. The first-order valence-corrected chi connectivity index (χ1v) is 21.1. The van der Waals surface area contributed by atoms with E-state index in [4.69, 9.17) is 19.4 Å². The Labute approximate surface area is 349 Å². The third-order valence-corrected chi connectivity index (χ3v) is 13.2. The van der Waals surface area contributed by atoms with Crippen LogP contribution in [0.4, 0.5) is 0 Å². The molecule has 6 aromatic carbocycles. The summed E-state index contributed by atoms with van der Waals surface area (Å²) in [5.41, 5.74) is 17.3. The van der Waals surface area contributed by atoms with Gasteiger partial charge >= 0.3 is 0 Å². The minimum absolute atomic E-state index is 0.137. The lowest BCUT2D eigenvalue weighted by Gasteiger charge is -2.35. The molecule has 0 saturated carbocycles. The molecular weight excluding hydrogens is 731 g/mol. The van der Waals surface area contributed by atoms with E-state index in [2.05, 4.69) is 172 Å². The maximum atomic E-state index is 6.57. The fourth-order valence-electron chi connectivity index (χ4n) is 10.3. The molecule has 0 amide bonds. The molecule has 2 atom stereocenters. The standard InChI is InChI=1S/C56H41N3O/c1-56(2)47-26-11-10-23-43(47)51-44(25-13-27-48(51)56)55-58-53(34-15-4-3-5-16-34)57-54(59-55)38-19-12-18-35(31-38)40-24-14-28-50-52(40)46-33-37(29-30-49(46)60-50)45-32-36-17-6-7-20-39(36)41-21-8-9-22-42(41)45/h3-5,7-16,18-33,41-42H,6,17H2,1-2H3. The van der Waals surface area contributed by atoms with Gasteiger partial charge in [-0.3, -0.25) is 0 Å². The number of rotatable bonds is 5. The van der Waals surface area contributed by atoms with Gasteiger partial charge in [0.1, 0.15) is 11.2 Å². The summed E-state index contributed by atoms with van der Waals surface area (Å²) in [6.07, 6.45) is 18.5. The second-order valence-corrected chi connectivity index (χ2v) is 17.0. The smallest absolute Gasteiger partial charge is 0.164 e. The summed E-state index contributed by atoms with van der Waals surface area (Å²) in [4.78, 5) is 15.6. The molecule has 12 rings (SSSR count). The van der Waals surface area contributed by atoms with Crippen LogP contribution in [0, 0.1) is 11.8 Å². The molecule has 2 aromatic heterocycles. The first kappa shape index (κ1) is 34.8. The van der Waals surface area contributed by atoms with Crippen LogP contribution in [-0.2, 0) is 5.41 Å². The average molecular weight is 772 g/mol. The van der Waals surface area contributed by atoms with Crippen LogP contribution in [0.5, 0.6) is 0 Å². The van der Waals surface area contributed by atoms with Gasteiger partial charge < -0.3 is 4.42 Å². The van der Waals surface area contributed by atoms with E-state index < -0.39 is 0 Å². The number of aromatic nitrogens is 3. The lowest BCUT2D eigenvalue weighted by molar-refractivity contribution is 0.636. The highest BCUT2D eigenvalue weighted by Crippen LogP contribution is 2.52. The number of fused-ring (bicyclic) bond motifs is 8. The van der Waals surface area contributed by atoms with E-state index in [1.165, 1.54) is 44.5 Å². The van der Waals surface area contributed by atoms with Crippen molar-refractivity contribution in [2.24, 2.45) is 11.8 Å². The minimum atomic E-state index is -0.137. The molecular formula is C56H41N3O. The van der Waals surface area contributed by atoms with Crippen LogP contribution in [0.2, 0.25) is 0 Å². The number of furan rings is 1. The fourth-order valence-corrected chi connectivity index (χ4v) is 10.3. The summed E-state index contributed by atoms with van der Waals surface area (Å²) in [5.74, 6) is 2.61. The van der Waals surface area contributed by atoms with E-state index in [0.717, 1.165) is 62.6 Å². The second-order valence-electron chi connectivity index (χ2n) is 17.0. The third-order valence-electron chi connectivity index (χ3n) is 13.2. The average Bonchev–Trinajstić information content (AvgIpc) is 3.80. The monoisotopic (exact) mass is 771 g/mol. The molecule has 0 saturated heterocycles. The molecule has 4 aliphatic rings. The molecule has 0 fully saturated rings. The number of benzene rings is 6. The SMILES string of the molecule is CC1(C)c2ccccc2-c2c(-c3nc(-c4ccccc4)nc(-c4cccc(-c5cccc6oc7ccc(C8=CC9=C(C=CCC9)C9C=CC=CC89)cc7c56)c4)n3)cccc21. The Morgan fingerprint density at radius 2 is 1.27 bits per heavy atom. The Morgan fingerprint density at radius 1 is 0.567 bits per heavy atom. The van der Waals surface area contributed by atoms with Crippen LogP contribution >= 0.6 is 0 Å². The van der Waals surface area contributed by atoms with E-state index in [1.807, 2.05) is 18.2 Å². The van der Waals surface area contributed by atoms with Crippen molar-refractivity contribution in [3.05, 3.63) is 204 Å². The Balaban J connectivity index is 1.00. The summed E-state index contributed by atoms with van der Waals surface area (Å²) in [6.45, 7) is 4.61. The highest BCUT2D eigenvalue weighted by molar-refractivity contribution is 6.13. The molecule has 0 aliphatic heterocycles. The van der Waals surface area contributed by atoms with Crippen LogP contribution in [0.15, 0.2) is 192 Å². The van der Waals surface area contributed by atoms with Crippen molar-refractivity contribution in [1.29, 1.82) is 0 Å². The van der Waals surface area contributed by atoms with Crippen LogP contribution < -0.4 is 0 Å². The molecule has 4 nitrogen and oxygen atoms in total. The maximum absolute atomic E-state index is 6.57. The molecule has 0 N–H and O–H groups in total. The minimum Gasteiger partial charge on any atom is -0.456 e. The zero-order chi connectivity index (χ0) is 40.0. The topological polar surface area (TPSA) is 51.8 Å². The maximum Gasteiger partial charge on any atom is 0.164 e. The molecule has 0 radical (unpaired) electrons. The third kappa shape index (κ3) is 5.40. The number of hydrogen-bond donors (Lipinski definition) is 0. The van der Waals surface area contributed by atoms with E-state index in [0.29, 0.717) is 29.3 Å².